The number of amides is 1. The van der Waals surface area contributed by atoms with E-state index in [9.17, 15) is 4.79 Å². The number of thioether (sulfide) groups is 1. The minimum absolute atomic E-state index is 0.150. The summed E-state index contributed by atoms with van der Waals surface area (Å²) in [6, 6.07) is 11.0. The lowest BCUT2D eigenvalue weighted by Crippen LogP contribution is -2.22. The molecule has 30 heavy (non-hydrogen) atoms. The fraction of sp³-hybridized carbons (Fsp3) is 0.250. The van der Waals surface area contributed by atoms with Crippen molar-refractivity contribution in [2.45, 2.75) is 6.92 Å². The number of hydrogen-bond acceptors (Lipinski definition) is 7. The van der Waals surface area contributed by atoms with Crippen LogP contribution >= 0.6 is 51.5 Å². The maximum atomic E-state index is 11.8. The third-order valence-corrected chi connectivity index (χ3v) is 5.94. The Morgan fingerprint density at radius 3 is 2.63 bits per heavy atom. The monoisotopic (exact) mass is 528 g/mol. The molecule has 0 aliphatic carbocycles. The highest BCUT2D eigenvalue weighted by molar-refractivity contribution is 9.10. The molecule has 1 aliphatic rings. The lowest BCUT2D eigenvalue weighted by atomic mass is 10.2. The van der Waals surface area contributed by atoms with Crippen LogP contribution in [0.4, 0.5) is 0 Å². The second kappa shape index (κ2) is 11.0. The summed E-state index contributed by atoms with van der Waals surface area (Å²) in [6.45, 7) is 2.94. The summed E-state index contributed by atoms with van der Waals surface area (Å²) < 4.78 is 18.6. The van der Waals surface area contributed by atoms with Crippen LogP contribution in [0, 0.1) is 0 Å². The summed E-state index contributed by atoms with van der Waals surface area (Å²) in [5.74, 6) is 1.81. The molecule has 0 aromatic heterocycles. The largest absolute Gasteiger partial charge is 0.490 e. The molecule has 1 saturated heterocycles. The van der Waals surface area contributed by atoms with Crippen molar-refractivity contribution in [1.82, 2.24) is 5.01 Å². The number of carbonyl (C=O) groups excluding carboxylic acids is 1. The first kappa shape index (κ1) is 22.9. The Morgan fingerprint density at radius 1 is 1.23 bits per heavy atom. The average Bonchev–Trinajstić information content (AvgIpc) is 3.04. The van der Waals surface area contributed by atoms with Gasteiger partial charge in [0, 0.05) is 4.47 Å². The summed E-state index contributed by atoms with van der Waals surface area (Å²) in [5, 5.41) is 5.74. The Balaban J connectivity index is 1.66. The van der Waals surface area contributed by atoms with E-state index in [1.807, 2.05) is 31.2 Å². The van der Waals surface area contributed by atoms with Crippen LogP contribution in [0.3, 0.4) is 0 Å². The van der Waals surface area contributed by atoms with Gasteiger partial charge in [0.15, 0.2) is 15.8 Å². The zero-order valence-electron chi connectivity index (χ0n) is 16.0. The van der Waals surface area contributed by atoms with Crippen LogP contribution in [-0.4, -0.2) is 47.0 Å². The fourth-order valence-corrected chi connectivity index (χ4v) is 3.99. The van der Waals surface area contributed by atoms with Gasteiger partial charge in [0.25, 0.3) is 5.91 Å². The number of benzene rings is 2. The van der Waals surface area contributed by atoms with Gasteiger partial charge in [-0.1, -0.05) is 51.5 Å². The van der Waals surface area contributed by atoms with E-state index < -0.39 is 0 Å². The van der Waals surface area contributed by atoms with E-state index in [1.54, 1.807) is 12.1 Å². The van der Waals surface area contributed by atoms with Gasteiger partial charge in [-0.3, -0.25) is 4.79 Å². The van der Waals surface area contributed by atoms with Crippen molar-refractivity contribution in [1.29, 1.82) is 0 Å². The molecule has 1 amide bonds. The van der Waals surface area contributed by atoms with Crippen molar-refractivity contribution >= 4 is 68.0 Å². The number of hydrazone groups is 1. The lowest BCUT2D eigenvalue weighted by molar-refractivity contribution is -0.123. The fourth-order valence-electron chi connectivity index (χ4n) is 2.48. The molecule has 0 unspecified atom stereocenters. The molecule has 1 heterocycles. The topological polar surface area (TPSA) is 60.4 Å². The summed E-state index contributed by atoms with van der Waals surface area (Å²) >= 11 is 16.2. The molecule has 10 heteroatoms. The van der Waals surface area contributed by atoms with Crippen molar-refractivity contribution in [3.63, 3.8) is 0 Å². The molecule has 2 aromatic carbocycles. The molecule has 3 rings (SSSR count). The van der Waals surface area contributed by atoms with Crippen LogP contribution in [0.25, 0.3) is 0 Å². The number of halogens is 2. The van der Waals surface area contributed by atoms with Gasteiger partial charge >= 0.3 is 0 Å². The number of carbonyl (C=O) groups is 1. The van der Waals surface area contributed by atoms with Crippen LogP contribution < -0.4 is 14.2 Å². The predicted molar refractivity (Wildman–Crippen MR) is 127 cm³/mol. The smallest absolute Gasteiger partial charge is 0.259 e. The molecule has 0 N–H and O–H groups in total. The molecular weight excluding hydrogens is 512 g/mol. The second-order valence-electron chi connectivity index (χ2n) is 5.92. The number of nitrogens with zero attached hydrogens (tertiary/aromatic N) is 2. The van der Waals surface area contributed by atoms with Crippen molar-refractivity contribution < 1.29 is 19.0 Å². The van der Waals surface area contributed by atoms with Gasteiger partial charge in [-0.05, 0) is 48.9 Å². The zero-order chi connectivity index (χ0) is 21.5. The molecule has 1 fully saturated rings. The Bertz CT molecular complexity index is 941. The number of rotatable bonds is 9. The number of thiocarbonyl (C=S) groups is 1. The first-order chi connectivity index (χ1) is 14.5. The Labute approximate surface area is 197 Å². The number of ether oxygens (including phenoxy) is 3. The average molecular weight is 530 g/mol. The highest BCUT2D eigenvalue weighted by atomic mass is 79.9. The first-order valence-corrected chi connectivity index (χ1v) is 11.6. The molecular formula is C20H18BrClN2O4S2. The minimum atomic E-state index is -0.150. The summed E-state index contributed by atoms with van der Waals surface area (Å²) in [5.41, 5.74) is 0.661. The normalized spacial score (nSPS) is 13.9. The highest BCUT2D eigenvalue weighted by Gasteiger charge is 2.26. The van der Waals surface area contributed by atoms with Gasteiger partial charge < -0.3 is 14.2 Å². The molecule has 0 spiro atoms. The molecule has 0 saturated carbocycles. The highest BCUT2D eigenvalue weighted by Crippen LogP contribution is 2.36. The van der Waals surface area contributed by atoms with Crippen molar-refractivity contribution in [2.24, 2.45) is 5.10 Å². The number of hydrogen-bond donors (Lipinski definition) is 0. The van der Waals surface area contributed by atoms with Crippen molar-refractivity contribution in [2.75, 3.05) is 25.6 Å². The zero-order valence-corrected chi connectivity index (χ0v) is 19.9. The maximum Gasteiger partial charge on any atom is 0.259 e. The van der Waals surface area contributed by atoms with Gasteiger partial charge in [-0.25, -0.2) is 0 Å². The Morgan fingerprint density at radius 2 is 1.97 bits per heavy atom. The van der Waals surface area contributed by atoms with E-state index in [2.05, 4.69) is 21.0 Å². The van der Waals surface area contributed by atoms with Crippen LogP contribution in [0.5, 0.6) is 17.2 Å². The summed E-state index contributed by atoms with van der Waals surface area (Å²) in [7, 11) is 0. The summed E-state index contributed by atoms with van der Waals surface area (Å²) in [4.78, 5) is 11.8. The van der Waals surface area contributed by atoms with Gasteiger partial charge in [0.05, 0.1) is 23.6 Å². The van der Waals surface area contributed by atoms with E-state index in [0.29, 0.717) is 45.4 Å². The van der Waals surface area contributed by atoms with Crippen molar-refractivity contribution in [3.05, 3.63) is 51.5 Å². The molecule has 6 nitrogen and oxygen atoms in total. The lowest BCUT2D eigenvalue weighted by Gasteiger charge is -2.15. The van der Waals surface area contributed by atoms with Gasteiger partial charge in [-0.15, -0.1) is 0 Å². The Kier molecular flexibility index (Phi) is 8.38. The molecule has 2 aromatic rings. The van der Waals surface area contributed by atoms with Gasteiger partial charge in [0.2, 0.25) is 0 Å². The van der Waals surface area contributed by atoms with E-state index in [0.717, 1.165) is 10.2 Å². The molecule has 1 aliphatic heterocycles. The molecule has 0 radical (unpaired) electrons. The van der Waals surface area contributed by atoms with Crippen LogP contribution in [0.1, 0.15) is 12.5 Å². The quantitative estimate of drug-likeness (QED) is 0.254. The minimum Gasteiger partial charge on any atom is -0.490 e. The second-order valence-corrected chi connectivity index (χ2v) is 8.85. The summed E-state index contributed by atoms with van der Waals surface area (Å²) in [6.07, 6.45) is 1.52. The third kappa shape index (κ3) is 6.10. The molecule has 0 bridgehead atoms. The van der Waals surface area contributed by atoms with Gasteiger partial charge in [-0.2, -0.15) is 10.1 Å². The van der Waals surface area contributed by atoms with Crippen molar-refractivity contribution in [3.8, 4) is 17.2 Å². The molecule has 0 atom stereocenters. The van der Waals surface area contributed by atoms with Crippen LogP contribution in [0.15, 0.2) is 46.0 Å². The SMILES string of the molecule is CCOc1cc(/C=N\N2C(=O)CSC2=S)cc(Cl)c1OCCOc1ccc(Br)cc1. The third-order valence-electron chi connectivity index (χ3n) is 3.79. The van der Waals surface area contributed by atoms with Gasteiger partial charge in [0.1, 0.15) is 19.0 Å². The Hall–Kier alpha value is -1.81. The predicted octanol–water partition coefficient (Wildman–Crippen LogP) is 5.15. The van der Waals surface area contributed by atoms with E-state index >= 15 is 0 Å². The van der Waals surface area contributed by atoms with E-state index in [4.69, 9.17) is 38.0 Å². The standard InChI is InChI=1S/C20H18BrClN2O4S2/c1-2-26-17-10-13(11-23-24-18(25)12-30-20(24)29)9-16(22)19(17)28-8-7-27-15-5-3-14(21)4-6-15/h3-6,9-11H,2,7-8,12H2,1H3/b23-11-. The van der Waals surface area contributed by atoms with E-state index in [-0.39, 0.29) is 12.5 Å². The van der Waals surface area contributed by atoms with Crippen LogP contribution in [-0.2, 0) is 4.79 Å². The van der Waals surface area contributed by atoms with E-state index in [1.165, 1.54) is 23.0 Å². The molecule has 158 valence electrons. The van der Waals surface area contributed by atoms with Crippen LogP contribution in [0.2, 0.25) is 5.02 Å². The maximum absolute atomic E-state index is 11.8. The first-order valence-electron chi connectivity index (χ1n) is 8.99.